The molecule has 4 nitrogen and oxygen atoms in total. The standard InChI is InChI=1S/C12H16ClFN2O2S/c13-10-5-3-6-11(12(10)14)16-19(17,18)8-9-4-1-2-7-15-9/h3,5-6,9,15-16H,1-2,4,7-8H2. The number of hydrogen-bond acceptors (Lipinski definition) is 3. The quantitative estimate of drug-likeness (QED) is 0.898. The van der Waals surface area contributed by atoms with E-state index in [1.54, 1.807) is 0 Å². The molecule has 1 aromatic rings. The molecule has 1 aliphatic rings. The summed E-state index contributed by atoms with van der Waals surface area (Å²) in [5.74, 6) is -0.803. The lowest BCUT2D eigenvalue weighted by Gasteiger charge is -2.23. The minimum Gasteiger partial charge on any atom is -0.313 e. The summed E-state index contributed by atoms with van der Waals surface area (Å²) in [6.45, 7) is 0.825. The summed E-state index contributed by atoms with van der Waals surface area (Å²) in [6.07, 6.45) is 2.89. The number of benzene rings is 1. The van der Waals surface area contributed by atoms with Crippen LogP contribution in [0.4, 0.5) is 10.1 Å². The van der Waals surface area contributed by atoms with Gasteiger partial charge in [0.25, 0.3) is 0 Å². The van der Waals surface area contributed by atoms with Gasteiger partial charge >= 0.3 is 0 Å². The fraction of sp³-hybridized carbons (Fsp3) is 0.500. The molecule has 1 atom stereocenters. The predicted octanol–water partition coefficient (Wildman–Crippen LogP) is 2.36. The van der Waals surface area contributed by atoms with Crippen LogP contribution >= 0.6 is 11.6 Å². The third-order valence-corrected chi connectivity index (χ3v) is 4.71. The van der Waals surface area contributed by atoms with Crippen LogP contribution in [-0.2, 0) is 10.0 Å². The molecule has 1 heterocycles. The molecule has 1 aromatic carbocycles. The number of rotatable bonds is 4. The molecule has 0 saturated carbocycles. The molecule has 2 N–H and O–H groups in total. The van der Waals surface area contributed by atoms with Crippen LogP contribution in [0.2, 0.25) is 5.02 Å². The Kier molecular flexibility index (Phi) is 4.65. The van der Waals surface area contributed by atoms with E-state index in [0.717, 1.165) is 25.8 Å². The zero-order chi connectivity index (χ0) is 13.9. The molecule has 1 unspecified atom stereocenters. The van der Waals surface area contributed by atoms with Gasteiger partial charge in [0.1, 0.15) is 0 Å². The van der Waals surface area contributed by atoms with Gasteiger partial charge in [-0.1, -0.05) is 24.1 Å². The van der Waals surface area contributed by atoms with E-state index < -0.39 is 15.8 Å². The molecule has 0 aliphatic carbocycles. The van der Waals surface area contributed by atoms with Gasteiger partial charge in [0, 0.05) is 6.04 Å². The summed E-state index contributed by atoms with van der Waals surface area (Å²) in [7, 11) is -3.58. The second-order valence-electron chi connectivity index (χ2n) is 4.63. The van der Waals surface area contributed by atoms with Gasteiger partial charge in [0.15, 0.2) is 5.82 Å². The monoisotopic (exact) mass is 306 g/mol. The zero-order valence-corrected chi connectivity index (χ0v) is 11.9. The van der Waals surface area contributed by atoms with E-state index in [2.05, 4.69) is 10.0 Å². The van der Waals surface area contributed by atoms with Crippen molar-refractivity contribution in [1.29, 1.82) is 0 Å². The highest BCUT2D eigenvalue weighted by atomic mass is 35.5. The smallest absolute Gasteiger partial charge is 0.234 e. The molecule has 106 valence electrons. The Hall–Kier alpha value is -0.850. The van der Waals surface area contributed by atoms with E-state index in [0.29, 0.717) is 0 Å². The summed E-state index contributed by atoms with van der Waals surface area (Å²) in [5, 5.41) is 3.05. The molecule has 7 heteroatoms. The molecule has 0 bridgehead atoms. The topological polar surface area (TPSA) is 58.2 Å². The van der Waals surface area contributed by atoms with Crippen molar-refractivity contribution in [3.8, 4) is 0 Å². The lowest BCUT2D eigenvalue weighted by Crippen LogP contribution is -2.40. The van der Waals surface area contributed by atoms with Gasteiger partial charge in [-0.05, 0) is 31.5 Å². The maximum atomic E-state index is 13.6. The van der Waals surface area contributed by atoms with Gasteiger partial charge in [-0.15, -0.1) is 0 Å². The third-order valence-electron chi connectivity index (χ3n) is 3.05. The summed E-state index contributed by atoms with van der Waals surface area (Å²) >= 11 is 5.61. The number of hydrogen-bond donors (Lipinski definition) is 2. The Balaban J connectivity index is 2.06. The molecule has 0 radical (unpaired) electrons. The van der Waals surface area contributed by atoms with Crippen molar-refractivity contribution >= 4 is 27.3 Å². The van der Waals surface area contributed by atoms with Gasteiger partial charge < -0.3 is 5.32 Å². The van der Waals surface area contributed by atoms with Crippen LogP contribution in [0, 0.1) is 5.82 Å². The number of sulfonamides is 1. The number of piperidine rings is 1. The first-order valence-corrected chi connectivity index (χ1v) is 8.19. The summed E-state index contributed by atoms with van der Waals surface area (Å²) in [5.41, 5.74) is -0.108. The van der Waals surface area contributed by atoms with E-state index in [1.807, 2.05) is 0 Å². The molecule has 19 heavy (non-hydrogen) atoms. The van der Waals surface area contributed by atoms with Gasteiger partial charge in [-0.25, -0.2) is 12.8 Å². The second kappa shape index (κ2) is 6.07. The fourth-order valence-electron chi connectivity index (χ4n) is 2.12. The summed E-state index contributed by atoms with van der Waals surface area (Å²) < 4.78 is 39.8. The van der Waals surface area contributed by atoms with Crippen LogP contribution in [0.15, 0.2) is 18.2 Å². The zero-order valence-electron chi connectivity index (χ0n) is 10.3. The van der Waals surface area contributed by atoms with Gasteiger partial charge in [0.2, 0.25) is 10.0 Å². The van der Waals surface area contributed by atoms with Crippen LogP contribution in [0.25, 0.3) is 0 Å². The van der Waals surface area contributed by atoms with Crippen molar-refractivity contribution in [3.63, 3.8) is 0 Å². The average molecular weight is 307 g/mol. The Morgan fingerprint density at radius 3 is 2.89 bits per heavy atom. The molecule has 2 rings (SSSR count). The predicted molar refractivity (Wildman–Crippen MR) is 74.5 cm³/mol. The van der Waals surface area contributed by atoms with Crippen LogP contribution in [0.5, 0.6) is 0 Å². The van der Waals surface area contributed by atoms with Crippen molar-refractivity contribution < 1.29 is 12.8 Å². The first kappa shape index (κ1) is 14.6. The van der Waals surface area contributed by atoms with Crippen molar-refractivity contribution in [2.24, 2.45) is 0 Å². The highest BCUT2D eigenvalue weighted by molar-refractivity contribution is 7.92. The number of halogens is 2. The van der Waals surface area contributed by atoms with Crippen LogP contribution < -0.4 is 10.0 Å². The molecule has 1 aliphatic heterocycles. The van der Waals surface area contributed by atoms with Crippen LogP contribution in [-0.4, -0.2) is 26.8 Å². The molecular weight excluding hydrogens is 291 g/mol. The highest BCUT2D eigenvalue weighted by Gasteiger charge is 2.22. The Labute approximate surface area is 117 Å². The van der Waals surface area contributed by atoms with Crippen LogP contribution in [0.3, 0.4) is 0 Å². The lowest BCUT2D eigenvalue weighted by molar-refractivity contribution is 0.424. The van der Waals surface area contributed by atoms with Crippen molar-refractivity contribution in [2.75, 3.05) is 17.0 Å². The largest absolute Gasteiger partial charge is 0.313 e. The van der Waals surface area contributed by atoms with Crippen molar-refractivity contribution in [1.82, 2.24) is 5.32 Å². The molecule has 0 amide bonds. The Bertz CT molecular complexity index is 545. The average Bonchev–Trinajstić information content (AvgIpc) is 2.35. The van der Waals surface area contributed by atoms with E-state index in [-0.39, 0.29) is 22.5 Å². The van der Waals surface area contributed by atoms with E-state index in [1.165, 1.54) is 18.2 Å². The van der Waals surface area contributed by atoms with Crippen molar-refractivity contribution in [3.05, 3.63) is 29.0 Å². The minimum absolute atomic E-state index is 0.0566. The molecule has 1 saturated heterocycles. The van der Waals surface area contributed by atoms with Crippen LogP contribution in [0.1, 0.15) is 19.3 Å². The summed E-state index contributed by atoms with van der Waals surface area (Å²) in [4.78, 5) is 0. The molecule has 1 fully saturated rings. The van der Waals surface area contributed by atoms with E-state index in [4.69, 9.17) is 11.6 Å². The number of nitrogens with one attached hydrogen (secondary N) is 2. The number of anilines is 1. The fourth-order valence-corrected chi connectivity index (χ4v) is 3.69. The first-order chi connectivity index (χ1) is 8.98. The molecule has 0 spiro atoms. The maximum absolute atomic E-state index is 13.6. The highest BCUT2D eigenvalue weighted by Crippen LogP contribution is 2.23. The van der Waals surface area contributed by atoms with Gasteiger partial charge in [-0.2, -0.15) is 0 Å². The summed E-state index contributed by atoms with van der Waals surface area (Å²) in [6, 6.07) is 4.15. The van der Waals surface area contributed by atoms with E-state index in [9.17, 15) is 12.8 Å². The van der Waals surface area contributed by atoms with Gasteiger partial charge in [0.05, 0.1) is 16.5 Å². The second-order valence-corrected chi connectivity index (χ2v) is 6.81. The Morgan fingerprint density at radius 2 is 2.21 bits per heavy atom. The first-order valence-electron chi connectivity index (χ1n) is 6.16. The normalized spacial score (nSPS) is 20.2. The minimum atomic E-state index is -3.58. The van der Waals surface area contributed by atoms with Gasteiger partial charge in [-0.3, -0.25) is 4.72 Å². The molecule has 0 aromatic heterocycles. The maximum Gasteiger partial charge on any atom is 0.234 e. The SMILES string of the molecule is O=S(=O)(CC1CCCCN1)Nc1cccc(Cl)c1F. The van der Waals surface area contributed by atoms with Crippen molar-refractivity contribution in [2.45, 2.75) is 25.3 Å². The lowest BCUT2D eigenvalue weighted by atomic mass is 10.1. The Morgan fingerprint density at radius 1 is 1.42 bits per heavy atom. The van der Waals surface area contributed by atoms with E-state index >= 15 is 0 Å². The molecular formula is C12H16ClFN2O2S. The third kappa shape index (κ3) is 4.06.